The Morgan fingerprint density at radius 1 is 0.904 bits per heavy atom. The first-order chi connectivity index (χ1) is 25.0. The zero-order valence-corrected chi connectivity index (χ0v) is 29.7. The number of thiophene rings is 1. The number of likely N-dealkylation sites (tertiary alicyclic amines) is 1. The van der Waals surface area contributed by atoms with Crippen LogP contribution in [-0.2, 0) is 20.7 Å². The van der Waals surface area contributed by atoms with E-state index in [2.05, 4.69) is 22.7 Å². The highest BCUT2D eigenvalue weighted by molar-refractivity contribution is 7.10. The Morgan fingerprint density at radius 2 is 1.60 bits per heavy atom. The summed E-state index contributed by atoms with van der Waals surface area (Å²) in [5.74, 6) is -1.45. The highest BCUT2D eigenvalue weighted by Crippen LogP contribution is 2.39. The smallest absolute Gasteiger partial charge is 0.475 e. The van der Waals surface area contributed by atoms with Gasteiger partial charge in [0, 0.05) is 53.5 Å². The van der Waals surface area contributed by atoms with Gasteiger partial charge in [0.2, 0.25) is 5.91 Å². The summed E-state index contributed by atoms with van der Waals surface area (Å²) in [6.07, 6.45) is -2.77. The number of benzene rings is 2. The topological polar surface area (TPSA) is 126 Å². The maximum atomic E-state index is 12.9. The summed E-state index contributed by atoms with van der Waals surface area (Å²) >= 11 is 3.31. The van der Waals surface area contributed by atoms with E-state index in [1.54, 1.807) is 22.7 Å². The number of hydrogen-bond donors (Lipinski definition) is 1. The lowest BCUT2D eigenvalue weighted by Gasteiger charge is -2.31. The number of aryl methyl sites for hydroxylation is 1. The molecule has 2 fully saturated rings. The molecule has 15 heteroatoms. The molecule has 272 valence electrons. The molecule has 2 amide bonds. The highest BCUT2D eigenvalue weighted by atomic mass is 32.1. The van der Waals surface area contributed by atoms with Crippen molar-refractivity contribution >= 4 is 40.5 Å². The Bertz CT molecular complexity index is 2000. The first kappa shape index (κ1) is 36.9. The molecule has 3 aromatic heterocycles. The molecule has 2 aliphatic rings. The predicted molar refractivity (Wildman–Crippen MR) is 190 cm³/mol. The van der Waals surface area contributed by atoms with E-state index in [0.717, 1.165) is 75.2 Å². The molecule has 0 bridgehead atoms. The van der Waals surface area contributed by atoms with Crippen LogP contribution in [0.3, 0.4) is 0 Å². The molecule has 10 nitrogen and oxygen atoms in total. The Balaban J connectivity index is 0.000000604. The van der Waals surface area contributed by atoms with Crippen molar-refractivity contribution in [1.82, 2.24) is 19.9 Å². The highest BCUT2D eigenvalue weighted by Gasteiger charge is 2.38. The van der Waals surface area contributed by atoms with E-state index in [4.69, 9.17) is 24.1 Å². The number of nitrogens with zero attached hydrogens (tertiary/aromatic N) is 4. The third-order valence-electron chi connectivity index (χ3n) is 8.89. The average molecular weight is 753 g/mol. The Morgan fingerprint density at radius 3 is 2.25 bits per heavy atom. The van der Waals surface area contributed by atoms with Crippen LogP contribution in [0.5, 0.6) is 0 Å². The summed E-state index contributed by atoms with van der Waals surface area (Å²) in [7, 11) is 0. The fraction of sp³-hybridized carbons (Fsp3) is 0.324. The predicted octanol–water partition coefficient (Wildman–Crippen LogP) is 7.56. The van der Waals surface area contributed by atoms with Crippen LogP contribution < -0.4 is 0 Å². The van der Waals surface area contributed by atoms with Gasteiger partial charge in [-0.25, -0.2) is 9.78 Å². The third kappa shape index (κ3) is 8.77. The molecule has 7 rings (SSSR count). The summed E-state index contributed by atoms with van der Waals surface area (Å²) in [4.78, 5) is 44.6. The van der Waals surface area contributed by atoms with Crippen LogP contribution in [0.4, 0.5) is 13.2 Å². The third-order valence-corrected chi connectivity index (χ3v) is 10.8. The number of halogens is 3. The van der Waals surface area contributed by atoms with E-state index in [-0.39, 0.29) is 11.8 Å². The Hall–Kier alpha value is -4.86. The number of thiazole rings is 1. The van der Waals surface area contributed by atoms with Crippen molar-refractivity contribution in [3.63, 3.8) is 0 Å². The number of carboxylic acid groups (broad SMARTS) is 1. The molecular formula is C37H35F3N4O6S2. The van der Waals surface area contributed by atoms with Crippen LogP contribution in [0.15, 0.2) is 75.9 Å². The molecule has 0 unspecified atom stereocenters. The van der Waals surface area contributed by atoms with Crippen molar-refractivity contribution in [3.8, 4) is 33.6 Å². The first-order valence-electron chi connectivity index (χ1n) is 16.6. The van der Waals surface area contributed by atoms with Crippen molar-refractivity contribution in [2.45, 2.75) is 38.3 Å². The molecule has 0 spiro atoms. The standard InChI is InChI=1S/C35H34N4O4S2.C2HF3O2/c1-23-32(30-22-45-34(36-30)25-11-13-38(14-12-25)31(40)21-29-6-3-19-44-29)33(37-43-23)28-5-2-4-27(20-28)24-7-9-26(10-8-24)35(41)39-15-17-42-18-16-39;3-2(4,5)1(6)7/h2-10,19-20,22,25H,11-18,21H2,1H3;(H,6,7). The van der Waals surface area contributed by atoms with Gasteiger partial charge in [-0.15, -0.1) is 22.7 Å². The number of aliphatic carboxylic acids is 1. The van der Waals surface area contributed by atoms with Crippen LogP contribution in [0.2, 0.25) is 0 Å². The minimum absolute atomic E-state index is 0.0390. The van der Waals surface area contributed by atoms with Gasteiger partial charge < -0.3 is 24.2 Å². The maximum absolute atomic E-state index is 12.9. The molecule has 0 atom stereocenters. The second-order valence-corrected chi connectivity index (χ2v) is 14.2. The lowest BCUT2D eigenvalue weighted by atomic mass is 9.97. The number of ether oxygens (including phenoxy) is 1. The SMILES string of the molecule is Cc1onc(-c2cccc(-c3ccc(C(=O)N4CCOCC4)cc3)c2)c1-c1csc(C2CCN(C(=O)Cc3cccs3)CC2)n1.O=C(O)C(F)(F)F. The van der Waals surface area contributed by atoms with E-state index >= 15 is 0 Å². The Labute approximate surface area is 305 Å². The molecule has 2 saturated heterocycles. The number of alkyl halides is 3. The Kier molecular flexibility index (Phi) is 11.5. The zero-order chi connectivity index (χ0) is 36.8. The number of carbonyl (C=O) groups excluding carboxylic acids is 2. The van der Waals surface area contributed by atoms with Gasteiger partial charge in [0.25, 0.3) is 5.91 Å². The molecular weight excluding hydrogens is 718 g/mol. The minimum Gasteiger partial charge on any atom is -0.475 e. The van der Waals surface area contributed by atoms with Crippen molar-refractivity contribution in [1.29, 1.82) is 0 Å². The molecule has 2 aromatic carbocycles. The van der Waals surface area contributed by atoms with E-state index < -0.39 is 12.1 Å². The maximum Gasteiger partial charge on any atom is 0.490 e. The monoisotopic (exact) mass is 752 g/mol. The fourth-order valence-corrected chi connectivity index (χ4v) is 7.79. The van der Waals surface area contributed by atoms with Crippen LogP contribution >= 0.6 is 22.7 Å². The molecule has 1 N–H and O–H groups in total. The molecule has 52 heavy (non-hydrogen) atoms. The average Bonchev–Trinajstić information content (AvgIpc) is 3.94. The van der Waals surface area contributed by atoms with Gasteiger partial charge in [0.05, 0.1) is 35.9 Å². The largest absolute Gasteiger partial charge is 0.490 e. The zero-order valence-electron chi connectivity index (χ0n) is 28.1. The van der Waals surface area contributed by atoms with Crippen molar-refractivity contribution < 1.29 is 41.9 Å². The number of rotatable bonds is 7. The van der Waals surface area contributed by atoms with Gasteiger partial charge in [-0.05, 0) is 60.5 Å². The van der Waals surface area contributed by atoms with E-state index in [1.807, 2.05) is 70.6 Å². The lowest BCUT2D eigenvalue weighted by molar-refractivity contribution is -0.192. The minimum atomic E-state index is -5.08. The van der Waals surface area contributed by atoms with Gasteiger partial charge in [-0.3, -0.25) is 9.59 Å². The molecule has 0 radical (unpaired) electrons. The molecule has 0 saturated carbocycles. The molecule has 0 aliphatic carbocycles. The number of piperidine rings is 1. The fourth-order valence-electron chi connectivity index (χ4n) is 6.11. The molecule has 5 aromatic rings. The summed E-state index contributed by atoms with van der Waals surface area (Å²) in [6, 6.07) is 20.0. The summed E-state index contributed by atoms with van der Waals surface area (Å²) in [6.45, 7) is 5.86. The van der Waals surface area contributed by atoms with Gasteiger partial charge in [-0.2, -0.15) is 13.2 Å². The number of hydrogen-bond acceptors (Lipinski definition) is 9. The quantitative estimate of drug-likeness (QED) is 0.181. The van der Waals surface area contributed by atoms with Crippen molar-refractivity contribution in [2.75, 3.05) is 39.4 Å². The van der Waals surface area contributed by atoms with Gasteiger partial charge >= 0.3 is 12.1 Å². The van der Waals surface area contributed by atoms with E-state index in [9.17, 15) is 22.8 Å². The van der Waals surface area contributed by atoms with Crippen LogP contribution in [-0.4, -0.2) is 88.4 Å². The van der Waals surface area contributed by atoms with Gasteiger partial charge in [-0.1, -0.05) is 41.6 Å². The second-order valence-electron chi connectivity index (χ2n) is 12.3. The molecule has 2 aliphatic heterocycles. The second kappa shape index (κ2) is 16.2. The number of carbonyl (C=O) groups is 3. The summed E-state index contributed by atoms with van der Waals surface area (Å²) in [5, 5.41) is 16.8. The van der Waals surface area contributed by atoms with Crippen molar-refractivity contribution in [3.05, 3.63) is 92.6 Å². The lowest BCUT2D eigenvalue weighted by Crippen LogP contribution is -2.40. The van der Waals surface area contributed by atoms with Crippen molar-refractivity contribution in [2.24, 2.45) is 0 Å². The molecule has 5 heterocycles. The number of morpholine rings is 1. The van der Waals surface area contributed by atoms with Gasteiger partial charge in [0.15, 0.2) is 0 Å². The first-order valence-corrected chi connectivity index (χ1v) is 18.3. The number of amides is 2. The number of carboxylic acids is 1. The van der Waals surface area contributed by atoms with Crippen LogP contribution in [0.1, 0.15) is 44.8 Å². The summed E-state index contributed by atoms with van der Waals surface area (Å²) in [5.41, 5.74) is 6.22. The number of aromatic nitrogens is 2. The van der Waals surface area contributed by atoms with Crippen LogP contribution in [0.25, 0.3) is 33.6 Å². The van der Waals surface area contributed by atoms with E-state index in [1.165, 1.54) is 0 Å². The normalized spacial score (nSPS) is 15.2. The van der Waals surface area contributed by atoms with Crippen LogP contribution in [0, 0.1) is 6.92 Å². The van der Waals surface area contributed by atoms with Gasteiger partial charge in [0.1, 0.15) is 11.5 Å². The summed E-state index contributed by atoms with van der Waals surface area (Å²) < 4.78 is 42.8. The van der Waals surface area contributed by atoms with E-state index in [0.29, 0.717) is 44.2 Å².